The van der Waals surface area contributed by atoms with Crippen LogP contribution in [0.5, 0.6) is 0 Å². The minimum Gasteiger partial charge on any atom is -0.337 e. The van der Waals surface area contributed by atoms with E-state index in [1.807, 2.05) is 11.2 Å². The van der Waals surface area contributed by atoms with Gasteiger partial charge in [-0.3, -0.25) is 4.79 Å². The minimum atomic E-state index is -0.587. The third-order valence-electron chi connectivity index (χ3n) is 6.08. The molecule has 3 aromatic heterocycles. The molecule has 2 aliphatic rings. The summed E-state index contributed by atoms with van der Waals surface area (Å²) in [6, 6.07) is 2.40. The van der Waals surface area contributed by atoms with E-state index in [9.17, 15) is 9.18 Å². The number of carbonyl (C=O) groups excluding carboxylic acids is 1. The Kier molecular flexibility index (Phi) is 4.88. The van der Waals surface area contributed by atoms with Gasteiger partial charge in [-0.2, -0.15) is 0 Å². The number of nitrogens with one attached hydrogen (secondary N) is 1. The first-order valence-electron chi connectivity index (χ1n) is 9.78. The minimum absolute atomic E-state index is 0.0235. The van der Waals surface area contributed by atoms with E-state index >= 15 is 0 Å². The number of hydrogen-bond acceptors (Lipinski definition) is 5. The van der Waals surface area contributed by atoms with Crippen molar-refractivity contribution in [2.45, 2.75) is 36.4 Å². The number of amides is 1. The van der Waals surface area contributed by atoms with Crippen molar-refractivity contribution in [1.29, 1.82) is 0 Å². The summed E-state index contributed by atoms with van der Waals surface area (Å²) in [5.74, 6) is -0.587. The van der Waals surface area contributed by atoms with Crippen molar-refractivity contribution >= 4 is 51.6 Å². The molecule has 152 valence electrons. The standard InChI is InChI=1S/C20H21ClFN5OS/c1-29-20-12-7-15(14-3-2-6-26(14)10-28)27(11-4-5-23-8-11)18(12)13-9-24-19(21)16(22)17(13)25-20/h7,9-11,14,23H,2-6,8H2,1H3. The topological polar surface area (TPSA) is 63.1 Å². The number of hydrogen-bond donors (Lipinski definition) is 1. The predicted octanol–water partition coefficient (Wildman–Crippen LogP) is 3.93. The van der Waals surface area contributed by atoms with Crippen molar-refractivity contribution in [3.63, 3.8) is 0 Å². The zero-order valence-electron chi connectivity index (χ0n) is 16.0. The Balaban J connectivity index is 1.88. The number of pyridine rings is 2. The average molecular weight is 434 g/mol. The monoisotopic (exact) mass is 433 g/mol. The van der Waals surface area contributed by atoms with E-state index in [2.05, 4.69) is 25.9 Å². The maximum atomic E-state index is 14.8. The van der Waals surface area contributed by atoms with E-state index in [1.54, 1.807) is 6.20 Å². The predicted molar refractivity (Wildman–Crippen MR) is 113 cm³/mol. The third-order valence-corrected chi connectivity index (χ3v) is 7.04. The molecule has 0 aromatic carbocycles. The fraction of sp³-hybridized carbons (Fsp3) is 0.450. The maximum absolute atomic E-state index is 14.8. The second-order valence-corrected chi connectivity index (χ2v) is 8.75. The molecule has 1 N–H and O–H groups in total. The van der Waals surface area contributed by atoms with Gasteiger partial charge in [0.25, 0.3) is 0 Å². The van der Waals surface area contributed by atoms with Crippen LogP contribution in [0.1, 0.15) is 37.0 Å². The smallest absolute Gasteiger partial charge is 0.210 e. The average Bonchev–Trinajstić information content (AvgIpc) is 3.48. The molecule has 2 aliphatic heterocycles. The van der Waals surface area contributed by atoms with Crippen molar-refractivity contribution in [3.8, 4) is 0 Å². The van der Waals surface area contributed by atoms with Gasteiger partial charge in [0.1, 0.15) is 10.5 Å². The summed E-state index contributed by atoms with van der Waals surface area (Å²) in [6.07, 6.45) is 7.39. The lowest BCUT2D eigenvalue weighted by molar-refractivity contribution is -0.119. The molecule has 0 radical (unpaired) electrons. The Morgan fingerprint density at radius 1 is 1.38 bits per heavy atom. The Bertz CT molecular complexity index is 1110. The van der Waals surface area contributed by atoms with Gasteiger partial charge in [-0.25, -0.2) is 14.4 Å². The van der Waals surface area contributed by atoms with Crippen molar-refractivity contribution < 1.29 is 9.18 Å². The molecule has 0 saturated carbocycles. The van der Waals surface area contributed by atoms with Crippen LogP contribution in [-0.2, 0) is 4.79 Å². The highest BCUT2D eigenvalue weighted by Crippen LogP contribution is 2.42. The molecule has 29 heavy (non-hydrogen) atoms. The number of aromatic nitrogens is 3. The number of thioether (sulfide) groups is 1. The summed E-state index contributed by atoms with van der Waals surface area (Å²) in [5.41, 5.74) is 2.28. The van der Waals surface area contributed by atoms with E-state index in [0.717, 1.165) is 66.9 Å². The molecule has 2 unspecified atom stereocenters. The van der Waals surface area contributed by atoms with Crippen LogP contribution in [0.2, 0.25) is 5.15 Å². The van der Waals surface area contributed by atoms with E-state index in [0.29, 0.717) is 5.39 Å². The fourth-order valence-electron chi connectivity index (χ4n) is 4.78. The molecule has 9 heteroatoms. The maximum Gasteiger partial charge on any atom is 0.210 e. The Morgan fingerprint density at radius 3 is 2.97 bits per heavy atom. The molecular formula is C20H21ClFN5OS. The van der Waals surface area contributed by atoms with Gasteiger partial charge in [0.05, 0.1) is 11.6 Å². The number of halogens is 2. The summed E-state index contributed by atoms with van der Waals surface area (Å²) in [4.78, 5) is 22.2. The molecule has 0 bridgehead atoms. The first-order chi connectivity index (χ1) is 14.1. The fourth-order valence-corrected chi connectivity index (χ4v) is 5.48. The Labute approximate surface area is 176 Å². The van der Waals surface area contributed by atoms with Crippen molar-refractivity contribution in [3.05, 3.63) is 28.9 Å². The van der Waals surface area contributed by atoms with Gasteiger partial charge in [-0.15, -0.1) is 11.8 Å². The Morgan fingerprint density at radius 2 is 2.24 bits per heavy atom. The van der Waals surface area contributed by atoms with Crippen LogP contribution in [-0.4, -0.2) is 51.7 Å². The lowest BCUT2D eigenvalue weighted by atomic mass is 10.1. The van der Waals surface area contributed by atoms with Crippen LogP contribution in [0.4, 0.5) is 4.39 Å². The highest BCUT2D eigenvalue weighted by molar-refractivity contribution is 7.98. The lowest BCUT2D eigenvalue weighted by Gasteiger charge is -2.25. The van der Waals surface area contributed by atoms with E-state index < -0.39 is 5.82 Å². The molecule has 3 aromatic rings. The van der Waals surface area contributed by atoms with E-state index in [4.69, 9.17) is 11.6 Å². The molecule has 5 rings (SSSR count). The lowest BCUT2D eigenvalue weighted by Crippen LogP contribution is -2.25. The van der Waals surface area contributed by atoms with Crippen molar-refractivity contribution in [2.75, 3.05) is 25.9 Å². The molecule has 2 fully saturated rings. The summed E-state index contributed by atoms with van der Waals surface area (Å²) in [6.45, 7) is 2.54. The highest BCUT2D eigenvalue weighted by Gasteiger charge is 2.33. The van der Waals surface area contributed by atoms with Gasteiger partial charge >= 0.3 is 0 Å². The number of likely N-dealkylation sites (tertiary alicyclic amines) is 1. The van der Waals surface area contributed by atoms with E-state index in [1.165, 1.54) is 11.8 Å². The molecule has 0 spiro atoms. The van der Waals surface area contributed by atoms with Crippen molar-refractivity contribution in [2.24, 2.45) is 0 Å². The van der Waals surface area contributed by atoms with Gasteiger partial charge in [0.2, 0.25) is 6.41 Å². The van der Waals surface area contributed by atoms with Crippen LogP contribution in [0.3, 0.4) is 0 Å². The third kappa shape index (κ3) is 2.92. The van der Waals surface area contributed by atoms with Crippen LogP contribution in [0, 0.1) is 5.82 Å². The molecule has 0 aliphatic carbocycles. The molecule has 6 nitrogen and oxygen atoms in total. The SMILES string of the molecule is CSc1nc2c(F)c(Cl)ncc2c2c1cc(C1CCCN1C=O)n2C1CCNC1. The normalized spacial score (nSPS) is 22.2. The second-order valence-electron chi connectivity index (χ2n) is 7.60. The molecule has 2 saturated heterocycles. The molecule has 2 atom stereocenters. The molecule has 5 heterocycles. The van der Waals surface area contributed by atoms with Crippen LogP contribution in [0.15, 0.2) is 17.3 Å². The highest BCUT2D eigenvalue weighted by atomic mass is 35.5. The number of carbonyl (C=O) groups is 1. The largest absolute Gasteiger partial charge is 0.337 e. The van der Waals surface area contributed by atoms with Crippen molar-refractivity contribution in [1.82, 2.24) is 24.8 Å². The van der Waals surface area contributed by atoms with Crippen LogP contribution in [0.25, 0.3) is 21.8 Å². The molecule has 1 amide bonds. The first kappa shape index (κ1) is 19.1. The number of rotatable bonds is 4. The summed E-state index contributed by atoms with van der Waals surface area (Å²) in [5, 5.41) is 5.66. The first-order valence-corrected chi connectivity index (χ1v) is 11.4. The van der Waals surface area contributed by atoms with Gasteiger partial charge < -0.3 is 14.8 Å². The van der Waals surface area contributed by atoms with Gasteiger partial charge in [0.15, 0.2) is 11.0 Å². The van der Waals surface area contributed by atoms with Crippen LogP contribution >= 0.6 is 23.4 Å². The second kappa shape index (κ2) is 7.41. The number of fused-ring (bicyclic) bond motifs is 3. The van der Waals surface area contributed by atoms with Gasteiger partial charge in [-0.05, 0) is 38.1 Å². The molecular weight excluding hydrogens is 413 g/mol. The van der Waals surface area contributed by atoms with E-state index in [-0.39, 0.29) is 22.8 Å². The number of nitrogens with zero attached hydrogens (tertiary/aromatic N) is 4. The zero-order valence-corrected chi connectivity index (χ0v) is 17.6. The quantitative estimate of drug-likeness (QED) is 0.384. The Hall–Kier alpha value is -1.90. The summed E-state index contributed by atoms with van der Waals surface area (Å²) < 4.78 is 17.1. The summed E-state index contributed by atoms with van der Waals surface area (Å²) >= 11 is 7.44. The van der Waals surface area contributed by atoms with Gasteiger partial charge in [-0.1, -0.05) is 11.6 Å². The summed E-state index contributed by atoms with van der Waals surface area (Å²) in [7, 11) is 0. The van der Waals surface area contributed by atoms with Crippen LogP contribution < -0.4 is 5.32 Å². The van der Waals surface area contributed by atoms with Gasteiger partial charge in [0, 0.05) is 41.8 Å². The zero-order chi connectivity index (χ0) is 20.1.